The summed E-state index contributed by atoms with van der Waals surface area (Å²) in [5.74, 6) is 0.632. The molecule has 0 saturated carbocycles. The molecule has 6 nitrogen and oxygen atoms in total. The van der Waals surface area contributed by atoms with Crippen molar-refractivity contribution in [3.63, 3.8) is 0 Å². The van der Waals surface area contributed by atoms with Crippen LogP contribution in [0.1, 0.15) is 5.82 Å². The number of H-pyrrole nitrogens is 1. The van der Waals surface area contributed by atoms with Crippen LogP contribution in [0.5, 0.6) is 0 Å². The third-order valence-electron chi connectivity index (χ3n) is 1.85. The molecule has 0 aliphatic carbocycles. The number of nitrogens with one attached hydrogen (secondary N) is 3. The van der Waals surface area contributed by atoms with Crippen molar-refractivity contribution in [2.45, 2.75) is 12.6 Å². The van der Waals surface area contributed by atoms with Crippen LogP contribution in [-0.4, -0.2) is 28.5 Å². The van der Waals surface area contributed by atoms with Crippen LogP contribution in [0.4, 0.5) is 0 Å². The third kappa shape index (κ3) is 2.11. The minimum absolute atomic E-state index is 0.143. The lowest BCUT2D eigenvalue weighted by Crippen LogP contribution is -2.37. The zero-order chi connectivity index (χ0) is 9.97. The van der Waals surface area contributed by atoms with Gasteiger partial charge in [0.15, 0.2) is 0 Å². The van der Waals surface area contributed by atoms with Crippen LogP contribution in [0.2, 0.25) is 0 Å². The molecule has 1 aromatic heterocycles. The lowest BCUT2D eigenvalue weighted by atomic mass is 10.3. The molecule has 0 spiro atoms. The van der Waals surface area contributed by atoms with Gasteiger partial charge in [0.25, 0.3) is 5.91 Å². The molecule has 7 heteroatoms. The van der Waals surface area contributed by atoms with Gasteiger partial charge >= 0.3 is 0 Å². The van der Waals surface area contributed by atoms with E-state index in [2.05, 4.69) is 36.7 Å². The lowest BCUT2D eigenvalue weighted by Gasteiger charge is -2.05. The SMILES string of the molecule is O=C1NOCC1NCc1ncc(Br)[nH]1. The summed E-state index contributed by atoms with van der Waals surface area (Å²) in [6, 6.07) is -0.293. The second-order valence-corrected chi connectivity index (χ2v) is 3.74. The minimum Gasteiger partial charge on any atom is -0.336 e. The summed E-state index contributed by atoms with van der Waals surface area (Å²) in [6.45, 7) is 0.855. The fourth-order valence-electron chi connectivity index (χ4n) is 1.14. The van der Waals surface area contributed by atoms with Gasteiger partial charge in [-0.1, -0.05) is 0 Å². The van der Waals surface area contributed by atoms with Crippen LogP contribution >= 0.6 is 15.9 Å². The van der Waals surface area contributed by atoms with Crippen LogP contribution in [0.25, 0.3) is 0 Å². The van der Waals surface area contributed by atoms with Crippen molar-refractivity contribution in [1.82, 2.24) is 20.8 Å². The maximum atomic E-state index is 11.1. The highest BCUT2D eigenvalue weighted by molar-refractivity contribution is 9.10. The fourth-order valence-corrected chi connectivity index (χ4v) is 1.47. The number of aromatic nitrogens is 2. The molecule has 1 atom stereocenters. The van der Waals surface area contributed by atoms with E-state index in [1.54, 1.807) is 6.20 Å². The topological polar surface area (TPSA) is 79.0 Å². The number of hydrogen-bond acceptors (Lipinski definition) is 4. The Balaban J connectivity index is 1.85. The van der Waals surface area contributed by atoms with Gasteiger partial charge < -0.3 is 4.98 Å². The Kier molecular flexibility index (Phi) is 2.80. The number of hydroxylamine groups is 1. The van der Waals surface area contributed by atoms with Crippen molar-refractivity contribution in [3.8, 4) is 0 Å². The first-order valence-electron chi connectivity index (χ1n) is 4.10. The number of carbonyl (C=O) groups excluding carboxylic acids is 1. The van der Waals surface area contributed by atoms with Gasteiger partial charge in [0.05, 0.1) is 19.3 Å². The zero-order valence-electron chi connectivity index (χ0n) is 7.21. The number of aromatic amines is 1. The Hall–Kier alpha value is -0.920. The number of nitrogens with zero attached hydrogens (tertiary/aromatic N) is 1. The molecule has 1 amide bonds. The van der Waals surface area contributed by atoms with Crippen molar-refractivity contribution in [2.24, 2.45) is 0 Å². The standard InChI is InChI=1S/C7H9BrN4O2/c8-5-1-10-6(11-5)2-9-4-3-14-12-7(4)13/h1,4,9H,2-3H2,(H,10,11)(H,12,13). The second kappa shape index (κ2) is 4.07. The number of halogens is 1. The van der Waals surface area contributed by atoms with E-state index in [9.17, 15) is 4.79 Å². The van der Waals surface area contributed by atoms with Gasteiger partial charge in [-0.25, -0.2) is 10.5 Å². The van der Waals surface area contributed by atoms with Crippen LogP contribution in [0.3, 0.4) is 0 Å². The van der Waals surface area contributed by atoms with Crippen molar-refractivity contribution in [2.75, 3.05) is 6.61 Å². The summed E-state index contributed by atoms with van der Waals surface area (Å²) in [7, 11) is 0. The van der Waals surface area contributed by atoms with E-state index in [-0.39, 0.29) is 11.9 Å². The highest BCUT2D eigenvalue weighted by Gasteiger charge is 2.24. The predicted octanol–water partition coefficient (Wildman–Crippen LogP) is -0.308. The zero-order valence-corrected chi connectivity index (χ0v) is 8.80. The summed E-state index contributed by atoms with van der Waals surface area (Å²) < 4.78 is 0.821. The normalized spacial score (nSPS) is 21.2. The number of rotatable bonds is 3. The second-order valence-electron chi connectivity index (χ2n) is 2.89. The summed E-state index contributed by atoms with van der Waals surface area (Å²) in [4.78, 5) is 22.9. The molecule has 3 N–H and O–H groups in total. The average Bonchev–Trinajstić information content (AvgIpc) is 2.72. The molecule has 2 heterocycles. The Morgan fingerprint density at radius 2 is 2.64 bits per heavy atom. The molecule has 1 fully saturated rings. The van der Waals surface area contributed by atoms with E-state index in [0.717, 1.165) is 10.4 Å². The third-order valence-corrected chi connectivity index (χ3v) is 2.26. The monoisotopic (exact) mass is 260 g/mol. The van der Waals surface area contributed by atoms with E-state index in [0.29, 0.717) is 13.2 Å². The largest absolute Gasteiger partial charge is 0.336 e. The van der Waals surface area contributed by atoms with Gasteiger partial charge in [-0.15, -0.1) is 0 Å². The quantitative estimate of drug-likeness (QED) is 0.697. The van der Waals surface area contributed by atoms with Crippen LogP contribution < -0.4 is 10.8 Å². The molecule has 76 valence electrons. The highest BCUT2D eigenvalue weighted by atomic mass is 79.9. The molecule has 2 rings (SSSR count). The maximum Gasteiger partial charge on any atom is 0.263 e. The fraction of sp³-hybridized carbons (Fsp3) is 0.429. The molecule has 1 aliphatic rings. The Labute approximate surface area is 88.5 Å². The Morgan fingerprint density at radius 3 is 3.21 bits per heavy atom. The van der Waals surface area contributed by atoms with E-state index in [1.807, 2.05) is 0 Å². The summed E-state index contributed by atoms with van der Waals surface area (Å²) in [5.41, 5.74) is 2.27. The summed E-state index contributed by atoms with van der Waals surface area (Å²) in [6.07, 6.45) is 1.67. The van der Waals surface area contributed by atoms with Crippen LogP contribution in [0, 0.1) is 0 Å². The maximum absolute atomic E-state index is 11.1. The molecular weight excluding hydrogens is 252 g/mol. The molecule has 0 radical (unpaired) electrons. The van der Waals surface area contributed by atoms with Crippen molar-refractivity contribution in [3.05, 3.63) is 16.6 Å². The van der Waals surface area contributed by atoms with Crippen molar-refractivity contribution < 1.29 is 9.63 Å². The molecule has 0 bridgehead atoms. The number of hydrogen-bond donors (Lipinski definition) is 3. The molecule has 1 aromatic rings. The lowest BCUT2D eigenvalue weighted by molar-refractivity contribution is -0.125. The summed E-state index contributed by atoms with van der Waals surface area (Å²) in [5, 5.41) is 3.01. The highest BCUT2D eigenvalue weighted by Crippen LogP contribution is 2.05. The number of amides is 1. The first-order chi connectivity index (χ1) is 6.75. The number of imidazole rings is 1. The van der Waals surface area contributed by atoms with Gasteiger partial charge in [0.2, 0.25) is 0 Å². The Morgan fingerprint density at radius 1 is 1.79 bits per heavy atom. The molecule has 1 saturated heterocycles. The number of carbonyl (C=O) groups is 1. The van der Waals surface area contributed by atoms with Gasteiger partial charge in [-0.3, -0.25) is 14.9 Å². The Bertz CT molecular complexity index is 340. The minimum atomic E-state index is -0.293. The summed E-state index contributed by atoms with van der Waals surface area (Å²) >= 11 is 3.25. The van der Waals surface area contributed by atoms with E-state index >= 15 is 0 Å². The first-order valence-corrected chi connectivity index (χ1v) is 4.89. The molecule has 0 aromatic carbocycles. The predicted molar refractivity (Wildman–Crippen MR) is 51.0 cm³/mol. The molecular formula is C7H9BrN4O2. The van der Waals surface area contributed by atoms with Crippen molar-refractivity contribution >= 4 is 21.8 Å². The van der Waals surface area contributed by atoms with Gasteiger partial charge in [-0.05, 0) is 15.9 Å². The smallest absolute Gasteiger partial charge is 0.263 e. The van der Waals surface area contributed by atoms with Gasteiger partial charge in [0, 0.05) is 0 Å². The first kappa shape index (κ1) is 9.63. The average molecular weight is 261 g/mol. The van der Waals surface area contributed by atoms with Gasteiger partial charge in [-0.2, -0.15) is 0 Å². The molecule has 14 heavy (non-hydrogen) atoms. The van der Waals surface area contributed by atoms with E-state index in [1.165, 1.54) is 0 Å². The van der Waals surface area contributed by atoms with E-state index < -0.39 is 0 Å². The molecule has 1 unspecified atom stereocenters. The van der Waals surface area contributed by atoms with E-state index in [4.69, 9.17) is 4.84 Å². The van der Waals surface area contributed by atoms with Gasteiger partial charge in [0.1, 0.15) is 16.5 Å². The molecule has 1 aliphatic heterocycles. The van der Waals surface area contributed by atoms with Crippen molar-refractivity contribution in [1.29, 1.82) is 0 Å². The van der Waals surface area contributed by atoms with Crippen LogP contribution in [-0.2, 0) is 16.2 Å². The van der Waals surface area contributed by atoms with Crippen LogP contribution in [0.15, 0.2) is 10.8 Å².